The average molecular weight is 259 g/mol. The number of hydrogen-bond acceptors (Lipinski definition) is 4. The maximum absolute atomic E-state index is 9.79. The molecule has 0 radical (unpaired) electrons. The van der Waals surface area contributed by atoms with Crippen LogP contribution >= 0.6 is 0 Å². The van der Waals surface area contributed by atoms with Crippen LogP contribution in [0.25, 0.3) is 0 Å². The lowest BCUT2D eigenvalue weighted by molar-refractivity contribution is 0.373. The summed E-state index contributed by atoms with van der Waals surface area (Å²) < 4.78 is 10.5. The largest absolute Gasteiger partial charge is 0.504 e. The molecule has 0 aliphatic heterocycles. The molecule has 0 amide bonds. The van der Waals surface area contributed by atoms with Crippen molar-refractivity contribution in [3.63, 3.8) is 0 Å². The van der Waals surface area contributed by atoms with E-state index in [9.17, 15) is 5.11 Å². The number of benzene rings is 1. The first-order chi connectivity index (χ1) is 9.28. The monoisotopic (exact) mass is 259 g/mol. The van der Waals surface area contributed by atoms with Crippen molar-refractivity contribution in [2.24, 2.45) is 0 Å². The van der Waals surface area contributed by atoms with Crippen molar-refractivity contribution >= 4 is 5.69 Å². The molecule has 1 unspecified atom stereocenters. The first kappa shape index (κ1) is 12.0. The molecule has 2 N–H and O–H groups in total. The van der Waals surface area contributed by atoms with Crippen LogP contribution in [0.5, 0.6) is 11.5 Å². The summed E-state index contributed by atoms with van der Waals surface area (Å²) in [5, 5.41) is 13.2. The number of hydrogen-bond donors (Lipinski definition) is 2. The maximum Gasteiger partial charge on any atom is 0.160 e. The van der Waals surface area contributed by atoms with Gasteiger partial charge in [0.15, 0.2) is 11.5 Å². The summed E-state index contributed by atoms with van der Waals surface area (Å²) in [4.78, 5) is 0. The van der Waals surface area contributed by atoms with Crippen molar-refractivity contribution in [1.29, 1.82) is 0 Å². The number of furan rings is 1. The Balaban J connectivity index is 1.81. The van der Waals surface area contributed by atoms with Crippen LogP contribution in [0.4, 0.5) is 5.69 Å². The Morgan fingerprint density at radius 1 is 1.37 bits per heavy atom. The lowest BCUT2D eigenvalue weighted by Gasteiger charge is -2.24. The molecule has 3 rings (SSSR count). The molecule has 4 heteroatoms. The zero-order chi connectivity index (χ0) is 13.2. The van der Waals surface area contributed by atoms with Crippen LogP contribution in [0.3, 0.4) is 0 Å². The molecule has 4 nitrogen and oxygen atoms in total. The van der Waals surface area contributed by atoms with Gasteiger partial charge >= 0.3 is 0 Å². The van der Waals surface area contributed by atoms with Crippen LogP contribution in [0, 0.1) is 0 Å². The van der Waals surface area contributed by atoms with Gasteiger partial charge in [-0.25, -0.2) is 0 Å². The Morgan fingerprint density at radius 3 is 3.05 bits per heavy atom. The molecule has 1 atom stereocenters. The first-order valence-electron chi connectivity index (χ1n) is 6.47. The highest BCUT2D eigenvalue weighted by atomic mass is 16.5. The van der Waals surface area contributed by atoms with E-state index in [1.807, 2.05) is 12.1 Å². The van der Waals surface area contributed by atoms with Crippen LogP contribution in [0.2, 0.25) is 0 Å². The number of methoxy groups -OCH3 is 1. The third-order valence-electron chi connectivity index (χ3n) is 3.57. The predicted molar refractivity (Wildman–Crippen MR) is 72.7 cm³/mol. The van der Waals surface area contributed by atoms with E-state index in [0.29, 0.717) is 5.75 Å². The number of fused-ring (bicyclic) bond motifs is 1. The first-order valence-corrected chi connectivity index (χ1v) is 6.47. The van der Waals surface area contributed by atoms with Crippen molar-refractivity contribution in [3.05, 3.63) is 41.9 Å². The summed E-state index contributed by atoms with van der Waals surface area (Å²) in [5.74, 6) is 1.70. The third kappa shape index (κ3) is 2.26. The Labute approximate surface area is 112 Å². The summed E-state index contributed by atoms with van der Waals surface area (Å²) in [6.07, 6.45) is 4.93. The van der Waals surface area contributed by atoms with Crippen molar-refractivity contribution < 1.29 is 14.3 Å². The van der Waals surface area contributed by atoms with Crippen molar-refractivity contribution in [1.82, 2.24) is 0 Å². The summed E-state index contributed by atoms with van der Waals surface area (Å²) in [5.41, 5.74) is 2.11. The van der Waals surface area contributed by atoms with Gasteiger partial charge in [-0.05, 0) is 31.0 Å². The Morgan fingerprint density at radius 2 is 2.26 bits per heavy atom. The molecule has 100 valence electrons. The highest BCUT2D eigenvalue weighted by molar-refractivity contribution is 5.55. The fraction of sp³-hybridized carbons (Fsp3) is 0.333. The molecular formula is C15H17NO3. The second-order valence-corrected chi connectivity index (χ2v) is 4.77. The number of phenolic OH excluding ortho intramolecular Hbond substituents is 1. The van der Waals surface area contributed by atoms with E-state index in [2.05, 4.69) is 5.32 Å². The van der Waals surface area contributed by atoms with E-state index < -0.39 is 0 Å². The van der Waals surface area contributed by atoms with Gasteiger partial charge < -0.3 is 19.6 Å². The number of ether oxygens (including phenoxy) is 1. The molecule has 1 heterocycles. The topological polar surface area (TPSA) is 54.6 Å². The molecule has 0 fully saturated rings. The molecule has 19 heavy (non-hydrogen) atoms. The Hall–Kier alpha value is -2.10. The number of rotatable bonds is 3. The quantitative estimate of drug-likeness (QED) is 0.886. The molecule has 1 aliphatic rings. The number of phenols is 1. The van der Waals surface area contributed by atoms with E-state index in [1.165, 1.54) is 5.56 Å². The second-order valence-electron chi connectivity index (χ2n) is 4.77. The van der Waals surface area contributed by atoms with E-state index in [4.69, 9.17) is 9.15 Å². The van der Waals surface area contributed by atoms with Crippen LogP contribution in [0.15, 0.2) is 34.9 Å². The van der Waals surface area contributed by atoms with Gasteiger partial charge in [-0.15, -0.1) is 0 Å². The number of nitrogens with one attached hydrogen (secondary N) is 1. The normalized spacial score (nSPS) is 17.8. The van der Waals surface area contributed by atoms with E-state index in [0.717, 1.165) is 30.7 Å². The fourth-order valence-corrected chi connectivity index (χ4v) is 2.62. The standard InChI is InChI=1S/C15H17NO3/c1-18-15-6-5-10(9-13(15)17)16-12-3-2-4-14-11(12)7-8-19-14/h5-9,12,16-17H,2-4H2,1H3. The molecule has 2 aromatic rings. The van der Waals surface area contributed by atoms with Crippen LogP contribution in [-0.4, -0.2) is 12.2 Å². The number of aromatic hydroxyl groups is 1. The molecular weight excluding hydrogens is 242 g/mol. The van der Waals surface area contributed by atoms with Gasteiger partial charge in [0.2, 0.25) is 0 Å². The van der Waals surface area contributed by atoms with Gasteiger partial charge in [0.25, 0.3) is 0 Å². The summed E-state index contributed by atoms with van der Waals surface area (Å²) >= 11 is 0. The summed E-state index contributed by atoms with van der Waals surface area (Å²) in [6.45, 7) is 0. The minimum Gasteiger partial charge on any atom is -0.504 e. The minimum absolute atomic E-state index is 0.149. The second kappa shape index (κ2) is 4.88. The van der Waals surface area contributed by atoms with Crippen LogP contribution in [0.1, 0.15) is 30.2 Å². The molecule has 1 aromatic carbocycles. The molecule has 0 saturated heterocycles. The van der Waals surface area contributed by atoms with Gasteiger partial charge in [-0.2, -0.15) is 0 Å². The van der Waals surface area contributed by atoms with Gasteiger partial charge in [0.1, 0.15) is 5.76 Å². The maximum atomic E-state index is 9.79. The van der Waals surface area contributed by atoms with E-state index in [-0.39, 0.29) is 11.8 Å². The lowest BCUT2D eigenvalue weighted by Crippen LogP contribution is -2.15. The summed E-state index contributed by atoms with van der Waals surface area (Å²) in [6, 6.07) is 7.63. The molecule has 0 bridgehead atoms. The van der Waals surface area contributed by atoms with Gasteiger partial charge in [0.05, 0.1) is 19.4 Å². The number of anilines is 1. The SMILES string of the molecule is COc1ccc(NC2CCCc3occc32)cc1O. The van der Waals surface area contributed by atoms with E-state index >= 15 is 0 Å². The molecule has 1 aliphatic carbocycles. The van der Waals surface area contributed by atoms with Gasteiger partial charge in [-0.1, -0.05) is 0 Å². The van der Waals surface area contributed by atoms with Gasteiger partial charge in [-0.3, -0.25) is 0 Å². The molecule has 0 spiro atoms. The highest BCUT2D eigenvalue weighted by Gasteiger charge is 2.22. The summed E-state index contributed by atoms with van der Waals surface area (Å²) in [7, 11) is 1.54. The Kier molecular flexibility index (Phi) is 3.07. The van der Waals surface area contributed by atoms with Crippen LogP contribution in [-0.2, 0) is 6.42 Å². The predicted octanol–water partition coefficient (Wildman–Crippen LogP) is 3.48. The zero-order valence-electron chi connectivity index (χ0n) is 10.8. The van der Waals surface area contributed by atoms with Crippen LogP contribution < -0.4 is 10.1 Å². The smallest absolute Gasteiger partial charge is 0.160 e. The molecule has 1 aromatic heterocycles. The van der Waals surface area contributed by atoms with Gasteiger partial charge in [0, 0.05) is 23.7 Å². The Bertz CT molecular complexity index is 577. The van der Waals surface area contributed by atoms with E-state index in [1.54, 1.807) is 25.5 Å². The number of aryl methyl sites for hydroxylation is 1. The fourth-order valence-electron chi connectivity index (χ4n) is 2.62. The van der Waals surface area contributed by atoms with Crippen molar-refractivity contribution in [2.45, 2.75) is 25.3 Å². The zero-order valence-corrected chi connectivity index (χ0v) is 10.8. The lowest BCUT2D eigenvalue weighted by atomic mass is 9.93. The molecule has 0 saturated carbocycles. The van der Waals surface area contributed by atoms with Crippen molar-refractivity contribution in [2.75, 3.05) is 12.4 Å². The average Bonchev–Trinajstić information content (AvgIpc) is 2.88. The highest BCUT2D eigenvalue weighted by Crippen LogP contribution is 2.35. The minimum atomic E-state index is 0.149. The van der Waals surface area contributed by atoms with Crippen molar-refractivity contribution in [3.8, 4) is 11.5 Å². The third-order valence-corrected chi connectivity index (χ3v) is 3.57.